The van der Waals surface area contributed by atoms with E-state index in [4.69, 9.17) is 0 Å². The van der Waals surface area contributed by atoms with Gasteiger partial charge in [0.2, 0.25) is 5.91 Å². The Hall–Kier alpha value is -3.81. The lowest BCUT2D eigenvalue weighted by molar-refractivity contribution is -0.141. The van der Waals surface area contributed by atoms with Crippen molar-refractivity contribution >= 4 is 11.9 Å². The van der Waals surface area contributed by atoms with E-state index in [1.165, 1.54) is 30.3 Å². The number of nitrogens with zero attached hydrogens (tertiary/aromatic N) is 2. The number of aliphatic carboxylic acids is 1. The number of hydrogen-bond donors (Lipinski definition) is 2. The van der Waals surface area contributed by atoms with Gasteiger partial charge in [-0.05, 0) is 23.8 Å². The third kappa shape index (κ3) is 5.13. The second-order valence-corrected chi connectivity index (χ2v) is 6.34. The molecular weight excluding hydrogens is 377 g/mol. The molecule has 0 aliphatic rings. The molecule has 1 aromatic heterocycles. The third-order valence-electron chi connectivity index (χ3n) is 4.23. The highest BCUT2D eigenvalue weighted by atomic mass is 19.1. The molecule has 3 rings (SSSR count). The van der Waals surface area contributed by atoms with Crippen LogP contribution in [0, 0.1) is 5.82 Å². The van der Waals surface area contributed by atoms with Gasteiger partial charge >= 0.3 is 5.97 Å². The fourth-order valence-corrected chi connectivity index (χ4v) is 2.80. The van der Waals surface area contributed by atoms with Crippen molar-refractivity contribution < 1.29 is 19.1 Å². The number of amides is 1. The van der Waals surface area contributed by atoms with Crippen LogP contribution in [0.5, 0.6) is 0 Å². The summed E-state index contributed by atoms with van der Waals surface area (Å²) in [5, 5.41) is 15.8. The summed E-state index contributed by atoms with van der Waals surface area (Å²) in [6.45, 7) is -0.486. The molecule has 0 aliphatic heterocycles. The molecule has 0 bridgehead atoms. The summed E-state index contributed by atoms with van der Waals surface area (Å²) in [4.78, 5) is 35.9. The highest BCUT2D eigenvalue weighted by Gasteiger charge is 2.21. The van der Waals surface area contributed by atoms with Crippen molar-refractivity contribution in [2.24, 2.45) is 0 Å². The van der Waals surface area contributed by atoms with E-state index in [-0.39, 0.29) is 17.7 Å². The summed E-state index contributed by atoms with van der Waals surface area (Å²) in [5.74, 6) is -2.39. The smallest absolute Gasteiger partial charge is 0.326 e. The molecule has 0 spiro atoms. The van der Waals surface area contributed by atoms with Gasteiger partial charge in [-0.1, -0.05) is 42.5 Å². The van der Waals surface area contributed by atoms with Crippen LogP contribution in [0.3, 0.4) is 0 Å². The zero-order chi connectivity index (χ0) is 20.8. The van der Waals surface area contributed by atoms with Crippen LogP contribution >= 0.6 is 0 Å². The van der Waals surface area contributed by atoms with Crippen LogP contribution in [-0.4, -0.2) is 32.8 Å². The first-order valence-electron chi connectivity index (χ1n) is 8.83. The van der Waals surface area contributed by atoms with E-state index in [9.17, 15) is 23.9 Å². The highest BCUT2D eigenvalue weighted by Crippen LogP contribution is 2.18. The number of benzene rings is 2. The average molecular weight is 395 g/mol. The lowest BCUT2D eigenvalue weighted by Crippen LogP contribution is -2.44. The summed E-state index contributed by atoms with van der Waals surface area (Å²) < 4.78 is 14.8. The Morgan fingerprint density at radius 1 is 1.03 bits per heavy atom. The molecule has 148 valence electrons. The lowest BCUT2D eigenvalue weighted by Gasteiger charge is -2.15. The summed E-state index contributed by atoms with van der Waals surface area (Å²) in [5.41, 5.74) is 0.566. The molecule has 2 N–H and O–H groups in total. The second kappa shape index (κ2) is 8.92. The topological polar surface area (TPSA) is 101 Å². The fraction of sp³-hybridized carbons (Fsp3) is 0.143. The quantitative estimate of drug-likeness (QED) is 0.636. The van der Waals surface area contributed by atoms with Crippen molar-refractivity contribution in [1.82, 2.24) is 15.1 Å². The molecule has 7 nitrogen and oxygen atoms in total. The monoisotopic (exact) mass is 395 g/mol. The zero-order valence-corrected chi connectivity index (χ0v) is 15.3. The maximum Gasteiger partial charge on any atom is 0.326 e. The number of carboxylic acids is 1. The average Bonchev–Trinajstić information content (AvgIpc) is 2.70. The van der Waals surface area contributed by atoms with Crippen LogP contribution in [0.4, 0.5) is 4.39 Å². The van der Waals surface area contributed by atoms with Crippen molar-refractivity contribution in [1.29, 1.82) is 0 Å². The second-order valence-electron chi connectivity index (χ2n) is 6.34. The van der Waals surface area contributed by atoms with Gasteiger partial charge in [-0.2, -0.15) is 5.10 Å². The van der Waals surface area contributed by atoms with Gasteiger partial charge in [-0.3, -0.25) is 9.59 Å². The number of carbonyl (C=O) groups excluding carboxylic acids is 1. The van der Waals surface area contributed by atoms with E-state index in [1.807, 2.05) is 0 Å². The first-order chi connectivity index (χ1) is 13.9. The fourth-order valence-electron chi connectivity index (χ4n) is 2.80. The molecule has 0 aliphatic carbocycles. The number of carboxylic acid groups (broad SMARTS) is 1. The van der Waals surface area contributed by atoms with Gasteiger partial charge < -0.3 is 10.4 Å². The Labute approximate surface area is 165 Å². The number of rotatable bonds is 7. The van der Waals surface area contributed by atoms with E-state index in [2.05, 4.69) is 10.4 Å². The molecule has 29 heavy (non-hydrogen) atoms. The minimum Gasteiger partial charge on any atom is -0.480 e. The van der Waals surface area contributed by atoms with Gasteiger partial charge in [0.1, 0.15) is 18.4 Å². The van der Waals surface area contributed by atoms with Gasteiger partial charge in [0.15, 0.2) is 0 Å². The molecule has 0 unspecified atom stereocenters. The number of carbonyl (C=O) groups is 2. The summed E-state index contributed by atoms with van der Waals surface area (Å²) >= 11 is 0. The van der Waals surface area contributed by atoms with Crippen LogP contribution in [0.15, 0.2) is 71.5 Å². The van der Waals surface area contributed by atoms with E-state index in [0.29, 0.717) is 0 Å². The van der Waals surface area contributed by atoms with Crippen molar-refractivity contribution in [3.8, 4) is 11.3 Å². The van der Waals surface area contributed by atoms with Crippen molar-refractivity contribution in [3.63, 3.8) is 0 Å². The predicted molar refractivity (Wildman–Crippen MR) is 104 cm³/mol. The standard InChI is InChI=1S/C21H18FN3O4/c22-16-9-5-4-8-15(16)17-10-11-20(27)25(24-17)13-19(26)23-18(21(28)29)12-14-6-2-1-3-7-14/h1-11,18H,12-13H2,(H,23,26)(H,28,29)/t18-/m1/s1. The van der Waals surface area contributed by atoms with Crippen molar-refractivity contribution in [3.05, 3.63) is 88.5 Å². The Balaban J connectivity index is 1.76. The molecule has 8 heteroatoms. The molecule has 0 saturated heterocycles. The van der Waals surface area contributed by atoms with Crippen molar-refractivity contribution in [2.45, 2.75) is 19.0 Å². The maximum absolute atomic E-state index is 14.0. The summed E-state index contributed by atoms with van der Waals surface area (Å²) in [6.07, 6.45) is 0.0967. The van der Waals surface area contributed by atoms with E-state index in [0.717, 1.165) is 10.2 Å². The lowest BCUT2D eigenvalue weighted by atomic mass is 10.1. The van der Waals surface area contributed by atoms with Gasteiger partial charge in [0.25, 0.3) is 5.56 Å². The maximum atomic E-state index is 14.0. The van der Waals surface area contributed by atoms with Crippen LogP contribution in [0.2, 0.25) is 0 Å². The minimum absolute atomic E-state index is 0.0967. The predicted octanol–water partition coefficient (Wildman–Crippen LogP) is 1.86. The SMILES string of the molecule is O=C(Cn1nc(-c2ccccc2F)ccc1=O)N[C@H](Cc1ccccc1)C(=O)O. The zero-order valence-electron chi connectivity index (χ0n) is 15.3. The molecular formula is C21H18FN3O4. The van der Waals surface area contributed by atoms with Crippen LogP contribution < -0.4 is 10.9 Å². The highest BCUT2D eigenvalue weighted by molar-refractivity contribution is 5.83. The Morgan fingerprint density at radius 2 is 1.72 bits per heavy atom. The Bertz CT molecular complexity index is 1080. The molecule has 2 aromatic carbocycles. The van der Waals surface area contributed by atoms with Crippen LogP contribution in [0.25, 0.3) is 11.3 Å². The van der Waals surface area contributed by atoms with Crippen LogP contribution in [0.1, 0.15) is 5.56 Å². The normalized spacial score (nSPS) is 11.6. The first kappa shape index (κ1) is 19.9. The molecule has 1 heterocycles. The van der Waals surface area contributed by atoms with Gasteiger partial charge in [0.05, 0.1) is 5.69 Å². The van der Waals surface area contributed by atoms with Gasteiger partial charge in [0, 0.05) is 18.1 Å². The Kier molecular flexibility index (Phi) is 6.13. The third-order valence-corrected chi connectivity index (χ3v) is 4.23. The summed E-state index contributed by atoms with van der Waals surface area (Å²) in [7, 11) is 0. The Morgan fingerprint density at radius 3 is 2.41 bits per heavy atom. The molecule has 0 fully saturated rings. The van der Waals surface area contributed by atoms with Gasteiger partial charge in [-0.25, -0.2) is 13.9 Å². The molecule has 1 atom stereocenters. The number of nitrogens with one attached hydrogen (secondary N) is 1. The molecule has 0 radical (unpaired) electrons. The molecule has 0 saturated carbocycles. The van der Waals surface area contributed by atoms with E-state index >= 15 is 0 Å². The number of aromatic nitrogens is 2. The minimum atomic E-state index is -1.19. The number of hydrogen-bond acceptors (Lipinski definition) is 4. The van der Waals surface area contributed by atoms with Crippen molar-refractivity contribution in [2.75, 3.05) is 0 Å². The van der Waals surface area contributed by atoms with Gasteiger partial charge in [-0.15, -0.1) is 0 Å². The largest absolute Gasteiger partial charge is 0.480 e. The van der Waals surface area contributed by atoms with E-state index < -0.39 is 35.8 Å². The van der Waals surface area contributed by atoms with E-state index in [1.54, 1.807) is 36.4 Å². The molecule has 3 aromatic rings. The number of halogens is 1. The summed E-state index contributed by atoms with van der Waals surface area (Å²) in [6, 6.07) is 16.2. The van der Waals surface area contributed by atoms with Crippen LogP contribution in [-0.2, 0) is 22.6 Å². The molecule has 1 amide bonds. The first-order valence-corrected chi connectivity index (χ1v) is 8.83.